The minimum Gasteiger partial charge on any atom is -0.418 e. The SMILES string of the molecule is Cc1c2cc(C(C)(C)C)cc1CC([S+](C)C)c1cc(C(C)(C)C)cc(c1C)CCC2.F[B-](F)(F)F. The fourth-order valence-electron chi connectivity index (χ4n) is 4.77. The first-order chi connectivity index (χ1) is 15.8. The van der Waals surface area contributed by atoms with E-state index in [1.54, 1.807) is 33.4 Å². The summed E-state index contributed by atoms with van der Waals surface area (Å²) in [7, 11) is -5.68. The van der Waals surface area contributed by atoms with E-state index in [-0.39, 0.29) is 10.8 Å². The van der Waals surface area contributed by atoms with E-state index < -0.39 is 7.25 Å². The van der Waals surface area contributed by atoms with E-state index in [0.29, 0.717) is 16.1 Å². The Kier molecular flexibility index (Phi) is 9.28. The average Bonchev–Trinajstić information content (AvgIpc) is 2.66. The van der Waals surface area contributed by atoms with Gasteiger partial charge in [0.05, 0.1) is 12.5 Å². The van der Waals surface area contributed by atoms with Crippen molar-refractivity contribution >= 4 is 18.1 Å². The van der Waals surface area contributed by atoms with Gasteiger partial charge in [0.1, 0.15) is 5.25 Å². The zero-order valence-electron chi connectivity index (χ0n) is 23.2. The molecule has 0 saturated heterocycles. The molecule has 0 heterocycles. The van der Waals surface area contributed by atoms with Gasteiger partial charge in [-0.05, 0) is 99.8 Å². The van der Waals surface area contributed by atoms with Gasteiger partial charge >= 0.3 is 7.25 Å². The van der Waals surface area contributed by atoms with Crippen LogP contribution in [0.3, 0.4) is 0 Å². The minimum atomic E-state index is -6.00. The zero-order chi connectivity index (χ0) is 26.9. The summed E-state index contributed by atoms with van der Waals surface area (Å²) < 4.78 is 39.0. The van der Waals surface area contributed by atoms with Crippen molar-refractivity contribution in [3.05, 3.63) is 68.8 Å². The molecule has 0 nitrogen and oxygen atoms in total. The number of rotatable bonds is 1. The molecule has 0 radical (unpaired) electrons. The number of fused-ring (bicyclic) bond motifs is 4. The van der Waals surface area contributed by atoms with Crippen LogP contribution < -0.4 is 0 Å². The van der Waals surface area contributed by atoms with Gasteiger partial charge in [0.2, 0.25) is 0 Å². The fraction of sp³-hybridized carbons (Fsp3) is 0.586. The van der Waals surface area contributed by atoms with Crippen molar-refractivity contribution in [1.82, 2.24) is 0 Å². The third-order valence-corrected chi connectivity index (χ3v) is 8.68. The molecule has 35 heavy (non-hydrogen) atoms. The lowest BCUT2D eigenvalue weighted by molar-refractivity contribution is 0.368. The topological polar surface area (TPSA) is 0 Å². The Morgan fingerprint density at radius 1 is 0.714 bits per heavy atom. The molecule has 1 atom stereocenters. The summed E-state index contributed by atoms with van der Waals surface area (Å²) in [6.07, 6.45) is 9.65. The second-order valence-electron chi connectivity index (χ2n) is 12.2. The molecule has 2 aromatic carbocycles. The molecular weight excluding hydrogens is 467 g/mol. The smallest absolute Gasteiger partial charge is 0.418 e. The minimum absolute atomic E-state index is 0.189. The summed E-state index contributed by atoms with van der Waals surface area (Å²) >= 11 is 0. The predicted molar refractivity (Wildman–Crippen MR) is 148 cm³/mol. The summed E-state index contributed by atoms with van der Waals surface area (Å²) in [5.41, 5.74) is 12.8. The summed E-state index contributed by atoms with van der Waals surface area (Å²) in [6.45, 7) is 18.9. The number of aryl methyl sites for hydroxylation is 2. The number of hydrogen-bond donors (Lipinski definition) is 0. The van der Waals surface area contributed by atoms with Crippen LogP contribution in [-0.4, -0.2) is 19.8 Å². The average molecular weight is 511 g/mol. The van der Waals surface area contributed by atoms with E-state index in [2.05, 4.69) is 92.2 Å². The maximum absolute atomic E-state index is 9.75. The number of benzene rings is 2. The highest BCUT2D eigenvalue weighted by Gasteiger charge is 2.31. The number of halogens is 4. The zero-order valence-corrected chi connectivity index (χ0v) is 24.0. The maximum atomic E-state index is 9.75. The fourth-order valence-corrected chi connectivity index (χ4v) is 6.04. The van der Waals surface area contributed by atoms with E-state index in [1.165, 1.54) is 30.4 Å². The highest BCUT2D eigenvalue weighted by molar-refractivity contribution is 7.95. The Morgan fingerprint density at radius 3 is 1.54 bits per heavy atom. The van der Waals surface area contributed by atoms with Crippen LogP contribution in [-0.2, 0) is 41.0 Å². The first kappa shape index (κ1) is 29.8. The van der Waals surface area contributed by atoms with Crippen LogP contribution in [0.25, 0.3) is 0 Å². The molecule has 3 rings (SSSR count). The highest BCUT2D eigenvalue weighted by atomic mass is 32.2. The second kappa shape index (κ2) is 10.9. The first-order valence-corrected chi connectivity index (χ1v) is 14.6. The molecule has 0 aromatic heterocycles. The summed E-state index contributed by atoms with van der Waals surface area (Å²) in [5.74, 6) is 0. The summed E-state index contributed by atoms with van der Waals surface area (Å²) in [4.78, 5) is 0. The van der Waals surface area contributed by atoms with Crippen molar-refractivity contribution in [3.63, 3.8) is 0 Å². The van der Waals surface area contributed by atoms with Crippen molar-refractivity contribution in [3.8, 4) is 0 Å². The molecule has 0 N–H and O–H groups in total. The summed E-state index contributed by atoms with van der Waals surface area (Å²) in [6, 6.07) is 10.1. The Hall–Kier alpha value is -1.43. The molecular formula is C29H43BF4S. The van der Waals surface area contributed by atoms with Gasteiger partial charge in [0, 0.05) is 12.0 Å². The highest BCUT2D eigenvalue weighted by Crippen LogP contribution is 2.38. The predicted octanol–water partition coefficient (Wildman–Crippen LogP) is 8.85. The van der Waals surface area contributed by atoms with E-state index in [4.69, 9.17) is 0 Å². The standard InChI is InChI=1S/C29H43S.BF4/c1-19-21-12-11-13-22-15-25(29(6,7)8)18-26(20(22)2)27(30(9)10)17-23(19)16-24(14-21)28(3,4)5;2-1(3,4)5/h14-16,18,27H,11-13,17H2,1-10H3;/q+1;-1. The van der Waals surface area contributed by atoms with Crippen molar-refractivity contribution in [2.24, 2.45) is 0 Å². The van der Waals surface area contributed by atoms with E-state index in [0.717, 1.165) is 6.42 Å². The lowest BCUT2D eigenvalue weighted by Crippen LogP contribution is -2.20. The third kappa shape index (κ3) is 8.30. The molecule has 1 aliphatic rings. The largest absolute Gasteiger partial charge is 0.673 e. The van der Waals surface area contributed by atoms with Gasteiger partial charge < -0.3 is 17.3 Å². The quantitative estimate of drug-likeness (QED) is 0.204. The van der Waals surface area contributed by atoms with Gasteiger partial charge in [-0.15, -0.1) is 0 Å². The van der Waals surface area contributed by atoms with Crippen LogP contribution in [0.2, 0.25) is 0 Å². The van der Waals surface area contributed by atoms with Crippen molar-refractivity contribution in [2.75, 3.05) is 12.5 Å². The van der Waals surface area contributed by atoms with Gasteiger partial charge in [-0.1, -0.05) is 59.7 Å². The second-order valence-corrected chi connectivity index (χ2v) is 14.5. The van der Waals surface area contributed by atoms with Crippen LogP contribution in [0, 0.1) is 13.8 Å². The molecule has 0 fully saturated rings. The third-order valence-electron chi connectivity index (χ3n) is 7.12. The van der Waals surface area contributed by atoms with Crippen LogP contribution in [0.15, 0.2) is 24.3 Å². The molecule has 2 aromatic rings. The van der Waals surface area contributed by atoms with Gasteiger partial charge in [-0.3, -0.25) is 0 Å². The lowest BCUT2D eigenvalue weighted by Gasteiger charge is -2.26. The maximum Gasteiger partial charge on any atom is 0.673 e. The molecule has 1 unspecified atom stereocenters. The van der Waals surface area contributed by atoms with Crippen molar-refractivity contribution in [1.29, 1.82) is 0 Å². The molecule has 0 amide bonds. The Morgan fingerprint density at radius 2 is 1.11 bits per heavy atom. The normalized spacial score (nSPS) is 16.9. The molecule has 0 spiro atoms. The van der Waals surface area contributed by atoms with Crippen LogP contribution in [0.1, 0.15) is 97.7 Å². The van der Waals surface area contributed by atoms with Gasteiger partial charge in [0.25, 0.3) is 0 Å². The van der Waals surface area contributed by atoms with Gasteiger partial charge in [-0.25, -0.2) is 0 Å². The van der Waals surface area contributed by atoms with Crippen molar-refractivity contribution < 1.29 is 17.3 Å². The first-order valence-electron chi connectivity index (χ1n) is 12.5. The van der Waals surface area contributed by atoms with Crippen LogP contribution in [0.4, 0.5) is 17.3 Å². The van der Waals surface area contributed by atoms with Crippen LogP contribution >= 0.6 is 0 Å². The Bertz CT molecular complexity index is 1020. The molecule has 196 valence electrons. The lowest BCUT2D eigenvalue weighted by atomic mass is 9.81. The van der Waals surface area contributed by atoms with E-state index in [1.807, 2.05) is 0 Å². The van der Waals surface area contributed by atoms with E-state index >= 15 is 0 Å². The monoisotopic (exact) mass is 510 g/mol. The molecule has 1 aliphatic carbocycles. The summed E-state index contributed by atoms with van der Waals surface area (Å²) in [5, 5.41) is 0.589. The Labute approximate surface area is 213 Å². The van der Waals surface area contributed by atoms with Crippen LogP contribution in [0.5, 0.6) is 0 Å². The molecule has 0 saturated carbocycles. The molecule has 6 heteroatoms. The van der Waals surface area contributed by atoms with Gasteiger partial charge in [0.15, 0.2) is 0 Å². The Balaban J connectivity index is 0.000000784. The molecule has 0 aliphatic heterocycles. The van der Waals surface area contributed by atoms with Crippen molar-refractivity contribution in [2.45, 2.75) is 97.2 Å². The number of hydrogen-bond acceptors (Lipinski definition) is 0. The van der Waals surface area contributed by atoms with Gasteiger partial charge in [-0.2, -0.15) is 0 Å². The van der Waals surface area contributed by atoms with E-state index in [9.17, 15) is 17.3 Å². The molecule has 4 bridgehead atoms.